The fourth-order valence-corrected chi connectivity index (χ4v) is 3.14. The first-order chi connectivity index (χ1) is 15.4. The molecule has 8 heteroatoms. The van der Waals surface area contributed by atoms with Crippen LogP contribution in [0.15, 0.2) is 54.7 Å². The summed E-state index contributed by atoms with van der Waals surface area (Å²) in [6, 6.07) is 12.4. The van der Waals surface area contributed by atoms with Crippen LogP contribution in [0, 0.1) is 11.2 Å². The Morgan fingerprint density at radius 3 is 2.41 bits per heavy atom. The number of hydrogen-bond donors (Lipinski definition) is 3. The molecule has 32 heavy (non-hydrogen) atoms. The summed E-state index contributed by atoms with van der Waals surface area (Å²) in [7, 11) is 0. The number of nitrogens with zero attached hydrogens (tertiary/aromatic N) is 2. The zero-order valence-corrected chi connectivity index (χ0v) is 17.6. The lowest BCUT2D eigenvalue weighted by atomic mass is 10.0. The van der Waals surface area contributed by atoms with Crippen LogP contribution < -0.4 is 5.32 Å². The fourth-order valence-electron chi connectivity index (χ4n) is 3.14. The topological polar surface area (TPSA) is 116 Å². The maximum Gasteiger partial charge on any atom is 0.307 e. The third-order valence-corrected chi connectivity index (χ3v) is 4.72. The van der Waals surface area contributed by atoms with Gasteiger partial charge in [0.2, 0.25) is 0 Å². The van der Waals surface area contributed by atoms with Crippen molar-refractivity contribution in [3.8, 4) is 0 Å². The summed E-state index contributed by atoms with van der Waals surface area (Å²) in [6.07, 6.45) is 2.91. The number of aromatic nitrogens is 2. The largest absolute Gasteiger partial charge is 0.481 e. The standard InChI is InChI=1S/C24H23FN4O3/c1-2-3-20(26)23-17(13-22(30)31)14-27-21(29-23)12-15-4-10-19(11-5-15)28-24(32)16-6-8-18(25)9-7-16/h4-11,14,26H,2-3,12-13H2,1H3,(H,28,32)(H,30,31). The van der Waals surface area contributed by atoms with Crippen LogP contribution in [0.1, 0.15) is 52.8 Å². The molecule has 164 valence electrons. The zero-order valence-electron chi connectivity index (χ0n) is 17.6. The number of hydrogen-bond acceptors (Lipinski definition) is 5. The molecule has 0 saturated heterocycles. The van der Waals surface area contributed by atoms with Gasteiger partial charge >= 0.3 is 5.97 Å². The third kappa shape index (κ3) is 6.04. The Morgan fingerprint density at radius 1 is 1.09 bits per heavy atom. The molecule has 0 bridgehead atoms. The van der Waals surface area contributed by atoms with Gasteiger partial charge in [0.15, 0.2) is 0 Å². The lowest BCUT2D eigenvalue weighted by Gasteiger charge is -2.10. The monoisotopic (exact) mass is 434 g/mol. The predicted molar refractivity (Wildman–Crippen MR) is 119 cm³/mol. The van der Waals surface area contributed by atoms with Gasteiger partial charge in [-0.15, -0.1) is 0 Å². The molecular formula is C24H23FN4O3. The Kier molecular flexibility index (Phi) is 7.38. The van der Waals surface area contributed by atoms with E-state index in [1.54, 1.807) is 12.1 Å². The van der Waals surface area contributed by atoms with Crippen molar-refractivity contribution in [2.45, 2.75) is 32.6 Å². The molecule has 0 spiro atoms. The van der Waals surface area contributed by atoms with Gasteiger partial charge in [-0.3, -0.25) is 9.59 Å². The van der Waals surface area contributed by atoms with Crippen LogP contribution in [0.2, 0.25) is 0 Å². The van der Waals surface area contributed by atoms with Crippen LogP contribution in [0.5, 0.6) is 0 Å². The van der Waals surface area contributed by atoms with E-state index in [0.717, 1.165) is 12.0 Å². The predicted octanol–water partition coefficient (Wildman–Crippen LogP) is 4.25. The number of rotatable bonds is 9. The van der Waals surface area contributed by atoms with Crippen molar-refractivity contribution in [2.75, 3.05) is 5.32 Å². The van der Waals surface area contributed by atoms with Gasteiger partial charge in [0.1, 0.15) is 11.6 Å². The highest BCUT2D eigenvalue weighted by Crippen LogP contribution is 2.16. The Hall–Kier alpha value is -3.94. The number of amides is 1. The van der Waals surface area contributed by atoms with Crippen LogP contribution >= 0.6 is 0 Å². The van der Waals surface area contributed by atoms with E-state index in [2.05, 4.69) is 15.3 Å². The maximum absolute atomic E-state index is 13.0. The highest BCUT2D eigenvalue weighted by atomic mass is 19.1. The summed E-state index contributed by atoms with van der Waals surface area (Å²) in [5.74, 6) is -1.26. The molecule has 0 fully saturated rings. The second-order valence-corrected chi connectivity index (χ2v) is 7.29. The zero-order chi connectivity index (χ0) is 23.1. The molecule has 1 amide bonds. The molecular weight excluding hydrogens is 411 g/mol. The molecule has 0 radical (unpaired) electrons. The van der Waals surface area contributed by atoms with Gasteiger partial charge in [0.25, 0.3) is 5.91 Å². The molecule has 3 rings (SSSR count). The Labute approximate surface area is 184 Å². The van der Waals surface area contributed by atoms with Crippen molar-refractivity contribution in [2.24, 2.45) is 0 Å². The number of nitrogens with one attached hydrogen (secondary N) is 2. The minimum atomic E-state index is -0.995. The van der Waals surface area contributed by atoms with Crippen LogP contribution in [0.25, 0.3) is 0 Å². The summed E-state index contributed by atoms with van der Waals surface area (Å²) >= 11 is 0. The van der Waals surface area contributed by atoms with Gasteiger partial charge in [0, 0.05) is 29.4 Å². The van der Waals surface area contributed by atoms with Gasteiger partial charge in [-0.05, 0) is 48.4 Å². The average molecular weight is 434 g/mol. The minimum absolute atomic E-state index is 0.232. The average Bonchev–Trinajstić information content (AvgIpc) is 2.76. The number of aliphatic carboxylic acids is 1. The maximum atomic E-state index is 13.0. The van der Waals surface area contributed by atoms with Crippen molar-refractivity contribution in [3.05, 3.63) is 88.8 Å². The van der Waals surface area contributed by atoms with E-state index in [4.69, 9.17) is 10.5 Å². The van der Waals surface area contributed by atoms with Crippen molar-refractivity contribution in [3.63, 3.8) is 0 Å². The van der Waals surface area contributed by atoms with Crippen LogP contribution in [-0.2, 0) is 17.6 Å². The lowest BCUT2D eigenvalue weighted by molar-refractivity contribution is -0.136. The summed E-state index contributed by atoms with van der Waals surface area (Å²) in [6.45, 7) is 1.95. The molecule has 0 saturated carbocycles. The number of carbonyl (C=O) groups excluding carboxylic acids is 1. The van der Waals surface area contributed by atoms with Gasteiger partial charge in [-0.25, -0.2) is 14.4 Å². The summed E-state index contributed by atoms with van der Waals surface area (Å²) in [5, 5.41) is 20.1. The van der Waals surface area contributed by atoms with E-state index in [1.807, 2.05) is 19.1 Å². The van der Waals surface area contributed by atoms with E-state index >= 15 is 0 Å². The van der Waals surface area contributed by atoms with Gasteiger partial charge in [-0.1, -0.05) is 25.5 Å². The van der Waals surface area contributed by atoms with E-state index in [-0.39, 0.29) is 12.3 Å². The molecule has 7 nitrogen and oxygen atoms in total. The number of halogens is 1. The van der Waals surface area contributed by atoms with Crippen LogP contribution in [0.3, 0.4) is 0 Å². The second kappa shape index (κ2) is 10.4. The van der Waals surface area contributed by atoms with Gasteiger partial charge in [-0.2, -0.15) is 0 Å². The van der Waals surface area contributed by atoms with Crippen molar-refractivity contribution in [1.29, 1.82) is 5.41 Å². The Balaban J connectivity index is 1.72. The molecule has 1 aromatic heterocycles. The first-order valence-corrected chi connectivity index (χ1v) is 10.2. The highest BCUT2D eigenvalue weighted by Gasteiger charge is 2.15. The van der Waals surface area contributed by atoms with Crippen molar-refractivity contribution >= 4 is 23.3 Å². The lowest BCUT2D eigenvalue weighted by Crippen LogP contribution is -2.14. The number of carboxylic acid groups (broad SMARTS) is 1. The normalized spacial score (nSPS) is 10.6. The molecule has 2 aromatic carbocycles. The molecule has 0 unspecified atom stereocenters. The molecule has 0 aliphatic heterocycles. The minimum Gasteiger partial charge on any atom is -0.481 e. The smallest absolute Gasteiger partial charge is 0.307 e. The van der Waals surface area contributed by atoms with E-state index in [0.29, 0.717) is 46.9 Å². The van der Waals surface area contributed by atoms with E-state index < -0.39 is 11.8 Å². The molecule has 3 aromatic rings. The van der Waals surface area contributed by atoms with Gasteiger partial charge in [0.05, 0.1) is 17.8 Å². The summed E-state index contributed by atoms with van der Waals surface area (Å²) in [4.78, 5) is 32.1. The number of benzene rings is 2. The molecule has 0 atom stereocenters. The second-order valence-electron chi connectivity index (χ2n) is 7.29. The molecule has 3 N–H and O–H groups in total. The highest BCUT2D eigenvalue weighted by molar-refractivity contribution is 6.04. The Morgan fingerprint density at radius 2 is 1.78 bits per heavy atom. The number of carboxylic acids is 1. The summed E-state index contributed by atoms with van der Waals surface area (Å²) < 4.78 is 13.0. The number of anilines is 1. The fraction of sp³-hybridized carbons (Fsp3) is 0.208. The molecule has 1 heterocycles. The van der Waals surface area contributed by atoms with Crippen LogP contribution in [0.4, 0.5) is 10.1 Å². The Bertz CT molecular complexity index is 1130. The van der Waals surface area contributed by atoms with Crippen molar-refractivity contribution in [1.82, 2.24) is 9.97 Å². The summed E-state index contributed by atoms with van der Waals surface area (Å²) in [5.41, 5.74) is 2.94. The van der Waals surface area contributed by atoms with Crippen LogP contribution in [-0.4, -0.2) is 32.7 Å². The first-order valence-electron chi connectivity index (χ1n) is 10.2. The SMILES string of the molecule is CCCC(=N)c1nc(Cc2ccc(NC(=O)c3ccc(F)cc3)cc2)ncc1CC(=O)O. The van der Waals surface area contributed by atoms with E-state index in [1.165, 1.54) is 30.5 Å². The number of carbonyl (C=O) groups is 2. The third-order valence-electron chi connectivity index (χ3n) is 4.72. The van der Waals surface area contributed by atoms with Crippen molar-refractivity contribution < 1.29 is 19.1 Å². The van der Waals surface area contributed by atoms with E-state index in [9.17, 15) is 14.0 Å². The quantitative estimate of drug-likeness (QED) is 0.435. The molecule has 0 aliphatic rings. The molecule has 0 aliphatic carbocycles. The van der Waals surface area contributed by atoms with Gasteiger partial charge < -0.3 is 15.8 Å². The first kappa shape index (κ1) is 22.7.